The molecule has 0 saturated carbocycles. The third-order valence-electron chi connectivity index (χ3n) is 5.01. The zero-order valence-electron chi connectivity index (χ0n) is 18.6. The number of hydrogen-bond acceptors (Lipinski definition) is 5. The Labute approximate surface area is 197 Å². The van der Waals surface area contributed by atoms with Gasteiger partial charge in [-0.2, -0.15) is 0 Å². The van der Waals surface area contributed by atoms with Crippen molar-refractivity contribution in [2.75, 3.05) is 47.0 Å². The van der Waals surface area contributed by atoms with E-state index in [1.165, 1.54) is 5.56 Å². The number of hydrogen-bond donors (Lipinski definition) is 1. The number of piperidine rings is 1. The number of benzene rings is 1. The first kappa shape index (κ1) is 26.3. The van der Waals surface area contributed by atoms with E-state index in [-0.39, 0.29) is 35.9 Å². The van der Waals surface area contributed by atoms with E-state index in [9.17, 15) is 4.79 Å². The van der Waals surface area contributed by atoms with Crippen molar-refractivity contribution < 1.29 is 19.0 Å². The van der Waals surface area contributed by atoms with Crippen molar-refractivity contribution in [1.29, 1.82) is 0 Å². The number of rotatable bonds is 9. The number of methoxy groups -OCH3 is 1. The highest BCUT2D eigenvalue weighted by Crippen LogP contribution is 2.28. The molecule has 1 saturated heterocycles. The number of aryl methyl sites for hydroxylation is 1. The molecule has 30 heavy (non-hydrogen) atoms. The van der Waals surface area contributed by atoms with Gasteiger partial charge in [0.25, 0.3) is 0 Å². The van der Waals surface area contributed by atoms with Gasteiger partial charge >= 0.3 is 5.97 Å². The molecule has 1 aromatic carbocycles. The van der Waals surface area contributed by atoms with Crippen LogP contribution in [0.4, 0.5) is 0 Å². The number of nitrogens with zero attached hydrogens (tertiary/aromatic N) is 2. The third kappa shape index (κ3) is 7.85. The minimum atomic E-state index is -0.0998. The Morgan fingerprint density at radius 3 is 2.73 bits per heavy atom. The van der Waals surface area contributed by atoms with Crippen LogP contribution in [0.5, 0.6) is 11.5 Å². The first-order valence-electron chi connectivity index (χ1n) is 10.5. The molecule has 1 fully saturated rings. The number of carbonyl (C=O) groups is 1. The van der Waals surface area contributed by atoms with Gasteiger partial charge in [0.05, 0.1) is 26.2 Å². The van der Waals surface area contributed by atoms with E-state index in [0.29, 0.717) is 19.8 Å². The zero-order chi connectivity index (χ0) is 21.1. The van der Waals surface area contributed by atoms with Gasteiger partial charge in [0, 0.05) is 26.7 Å². The molecule has 1 atom stereocenters. The molecule has 2 rings (SSSR count). The summed E-state index contributed by atoms with van der Waals surface area (Å²) in [5.41, 5.74) is 1.21. The molecule has 170 valence electrons. The molecule has 8 heteroatoms. The molecular weight excluding hydrogens is 497 g/mol. The van der Waals surface area contributed by atoms with Gasteiger partial charge in [-0.1, -0.05) is 6.07 Å². The van der Waals surface area contributed by atoms with Crippen LogP contribution in [0.15, 0.2) is 23.2 Å². The summed E-state index contributed by atoms with van der Waals surface area (Å²) in [6.07, 6.45) is 3.74. The van der Waals surface area contributed by atoms with Crippen LogP contribution < -0.4 is 14.8 Å². The minimum absolute atomic E-state index is 0. The molecule has 0 radical (unpaired) electrons. The van der Waals surface area contributed by atoms with E-state index >= 15 is 0 Å². The van der Waals surface area contributed by atoms with Crippen LogP contribution in [0.2, 0.25) is 0 Å². The van der Waals surface area contributed by atoms with Crippen molar-refractivity contribution in [2.24, 2.45) is 10.9 Å². The van der Waals surface area contributed by atoms with Crippen LogP contribution in [-0.4, -0.2) is 63.8 Å². The maximum Gasteiger partial charge on any atom is 0.310 e. The van der Waals surface area contributed by atoms with E-state index in [2.05, 4.69) is 21.3 Å². The lowest BCUT2D eigenvalue weighted by Gasteiger charge is -2.34. The van der Waals surface area contributed by atoms with Crippen molar-refractivity contribution >= 4 is 35.9 Å². The van der Waals surface area contributed by atoms with Crippen LogP contribution in [0.1, 0.15) is 38.7 Å². The highest BCUT2D eigenvalue weighted by Gasteiger charge is 2.28. The van der Waals surface area contributed by atoms with Crippen LogP contribution in [0.3, 0.4) is 0 Å². The average molecular weight is 533 g/mol. The lowest BCUT2D eigenvalue weighted by atomic mass is 9.98. The third-order valence-corrected chi connectivity index (χ3v) is 5.01. The molecule has 0 amide bonds. The largest absolute Gasteiger partial charge is 0.493 e. The Morgan fingerprint density at radius 1 is 1.27 bits per heavy atom. The molecule has 0 spiro atoms. The van der Waals surface area contributed by atoms with Crippen LogP contribution in [-0.2, 0) is 16.0 Å². The summed E-state index contributed by atoms with van der Waals surface area (Å²) < 4.78 is 16.2. The molecule has 0 aliphatic carbocycles. The highest BCUT2D eigenvalue weighted by molar-refractivity contribution is 14.0. The summed E-state index contributed by atoms with van der Waals surface area (Å²) >= 11 is 0. The van der Waals surface area contributed by atoms with E-state index in [0.717, 1.165) is 56.2 Å². The SMILES string of the molecule is CCOC(=O)C1CCCN(C(=NC)NCCCc2ccc(OC)c(OCC)c2)C1.I. The van der Waals surface area contributed by atoms with Crippen LogP contribution in [0, 0.1) is 5.92 Å². The maximum atomic E-state index is 12.1. The number of halogens is 1. The maximum absolute atomic E-state index is 12.1. The van der Waals surface area contributed by atoms with Gasteiger partial charge < -0.3 is 24.4 Å². The predicted octanol–water partition coefficient (Wildman–Crippen LogP) is 3.50. The molecular formula is C22H36IN3O4. The van der Waals surface area contributed by atoms with Crippen molar-refractivity contribution in [3.05, 3.63) is 23.8 Å². The molecule has 1 aromatic rings. The number of likely N-dealkylation sites (tertiary alicyclic amines) is 1. The van der Waals surface area contributed by atoms with Gasteiger partial charge in [-0.25, -0.2) is 0 Å². The van der Waals surface area contributed by atoms with Gasteiger partial charge in [0.1, 0.15) is 0 Å². The molecule has 0 bridgehead atoms. The fourth-order valence-corrected chi connectivity index (χ4v) is 3.59. The normalized spacial score (nSPS) is 16.5. The fourth-order valence-electron chi connectivity index (χ4n) is 3.59. The van der Waals surface area contributed by atoms with Crippen molar-refractivity contribution in [2.45, 2.75) is 39.5 Å². The number of ether oxygens (including phenoxy) is 3. The molecule has 0 aromatic heterocycles. The summed E-state index contributed by atoms with van der Waals surface area (Å²) in [5.74, 6) is 2.23. The van der Waals surface area contributed by atoms with Crippen molar-refractivity contribution in [3.8, 4) is 11.5 Å². The van der Waals surface area contributed by atoms with Crippen molar-refractivity contribution in [1.82, 2.24) is 10.2 Å². The number of nitrogens with one attached hydrogen (secondary N) is 1. The first-order valence-corrected chi connectivity index (χ1v) is 10.5. The zero-order valence-corrected chi connectivity index (χ0v) is 20.9. The fraction of sp³-hybridized carbons (Fsp3) is 0.636. The first-order chi connectivity index (χ1) is 14.1. The van der Waals surface area contributed by atoms with E-state index in [1.54, 1.807) is 14.2 Å². The molecule has 1 N–H and O–H groups in total. The van der Waals surface area contributed by atoms with Gasteiger partial charge in [-0.3, -0.25) is 9.79 Å². The second-order valence-electron chi connectivity index (χ2n) is 7.03. The van der Waals surface area contributed by atoms with Gasteiger partial charge in [-0.05, 0) is 57.2 Å². The number of guanidine groups is 1. The monoisotopic (exact) mass is 533 g/mol. The molecule has 1 aliphatic heterocycles. The van der Waals surface area contributed by atoms with E-state index < -0.39 is 0 Å². The molecule has 7 nitrogen and oxygen atoms in total. The minimum Gasteiger partial charge on any atom is -0.493 e. The van der Waals surface area contributed by atoms with Crippen molar-refractivity contribution in [3.63, 3.8) is 0 Å². The smallest absolute Gasteiger partial charge is 0.310 e. The van der Waals surface area contributed by atoms with E-state index in [4.69, 9.17) is 14.2 Å². The summed E-state index contributed by atoms with van der Waals surface area (Å²) in [7, 11) is 3.44. The van der Waals surface area contributed by atoms with Crippen LogP contribution in [0.25, 0.3) is 0 Å². The Morgan fingerprint density at radius 2 is 2.07 bits per heavy atom. The summed E-state index contributed by atoms with van der Waals surface area (Å²) in [6, 6.07) is 6.08. The lowest BCUT2D eigenvalue weighted by Crippen LogP contribution is -2.48. The number of esters is 1. The summed E-state index contributed by atoms with van der Waals surface area (Å²) in [4.78, 5) is 18.6. The quantitative estimate of drug-likeness (QED) is 0.172. The lowest BCUT2D eigenvalue weighted by molar-refractivity contribution is -0.149. The second-order valence-corrected chi connectivity index (χ2v) is 7.03. The van der Waals surface area contributed by atoms with Gasteiger partial charge in [0.15, 0.2) is 17.5 Å². The number of aliphatic imine (C=N–C) groups is 1. The van der Waals surface area contributed by atoms with Gasteiger partial charge in [-0.15, -0.1) is 24.0 Å². The molecule has 1 unspecified atom stereocenters. The number of carbonyl (C=O) groups excluding carboxylic acids is 1. The Kier molecular flexibility index (Phi) is 12.6. The van der Waals surface area contributed by atoms with E-state index in [1.807, 2.05) is 26.0 Å². The molecule has 1 aliphatic rings. The summed E-state index contributed by atoms with van der Waals surface area (Å²) in [5, 5.41) is 3.43. The molecule has 1 heterocycles. The summed E-state index contributed by atoms with van der Waals surface area (Å²) in [6.45, 7) is 7.23. The average Bonchev–Trinajstić information content (AvgIpc) is 2.74. The Bertz CT molecular complexity index is 684. The Hall–Kier alpha value is -1.71. The highest BCUT2D eigenvalue weighted by atomic mass is 127. The topological polar surface area (TPSA) is 72.4 Å². The van der Waals surface area contributed by atoms with Crippen LogP contribution >= 0.6 is 24.0 Å². The Balaban J connectivity index is 0.00000450. The second kappa shape index (κ2) is 14.3. The predicted molar refractivity (Wildman–Crippen MR) is 130 cm³/mol. The van der Waals surface area contributed by atoms with Gasteiger partial charge in [0.2, 0.25) is 0 Å². The standard InChI is InChI=1S/C22H35N3O4.HI/c1-5-28-20-15-17(11-12-19(20)27-4)9-7-13-24-22(23-3)25-14-8-10-18(16-25)21(26)29-6-2;/h11-12,15,18H,5-10,13-14,16H2,1-4H3,(H,23,24);1H.